The highest BCUT2D eigenvalue weighted by Crippen LogP contribution is 2.27. The van der Waals surface area contributed by atoms with Crippen molar-refractivity contribution in [1.82, 2.24) is 0 Å². The summed E-state index contributed by atoms with van der Waals surface area (Å²) in [5.41, 5.74) is -0.179. The molecule has 0 spiro atoms. The number of rotatable bonds is 2. The van der Waals surface area contributed by atoms with Gasteiger partial charge in [0.25, 0.3) is 0 Å². The second-order valence-electron chi connectivity index (χ2n) is 4.03. The zero-order valence-electron chi connectivity index (χ0n) is 8.68. The molecule has 4 nitrogen and oxygen atoms in total. The Bertz CT molecular complexity index is 519. The fourth-order valence-electron chi connectivity index (χ4n) is 1.86. The van der Waals surface area contributed by atoms with Crippen molar-refractivity contribution >= 4 is 15.5 Å². The number of hydrogen-bond donors (Lipinski definition) is 1. The molecule has 1 unspecified atom stereocenters. The highest BCUT2D eigenvalue weighted by atomic mass is 32.2. The first-order chi connectivity index (χ1) is 7.55. The summed E-state index contributed by atoms with van der Waals surface area (Å²) in [4.78, 5) is 0. The van der Waals surface area contributed by atoms with Crippen LogP contribution in [0.1, 0.15) is 6.42 Å². The van der Waals surface area contributed by atoms with Crippen LogP contribution in [0.25, 0.3) is 0 Å². The molecular formula is C11H12N2O2S. The molecule has 1 saturated heterocycles. The summed E-state index contributed by atoms with van der Waals surface area (Å²) < 4.78 is 22.8. The van der Waals surface area contributed by atoms with Crippen molar-refractivity contribution in [3.05, 3.63) is 30.3 Å². The lowest BCUT2D eigenvalue weighted by Gasteiger charge is -2.21. The number of hydrogen-bond acceptors (Lipinski definition) is 4. The number of nitrogens with one attached hydrogen (secondary N) is 1. The third kappa shape index (κ3) is 2.17. The van der Waals surface area contributed by atoms with E-state index in [1.165, 1.54) is 0 Å². The van der Waals surface area contributed by atoms with Gasteiger partial charge < -0.3 is 5.32 Å². The van der Waals surface area contributed by atoms with Crippen molar-refractivity contribution in [2.75, 3.05) is 16.8 Å². The Hall–Kier alpha value is -1.54. The zero-order valence-corrected chi connectivity index (χ0v) is 9.50. The van der Waals surface area contributed by atoms with Crippen molar-refractivity contribution in [2.24, 2.45) is 0 Å². The number of nitriles is 1. The first kappa shape index (κ1) is 11.0. The molecule has 0 bridgehead atoms. The van der Waals surface area contributed by atoms with Gasteiger partial charge in [0.05, 0.1) is 17.6 Å². The Labute approximate surface area is 94.8 Å². The molecule has 5 heteroatoms. The van der Waals surface area contributed by atoms with Crippen LogP contribution in [0.2, 0.25) is 0 Å². The van der Waals surface area contributed by atoms with Crippen LogP contribution in [0.5, 0.6) is 0 Å². The summed E-state index contributed by atoms with van der Waals surface area (Å²) in [6, 6.07) is 11.3. The Morgan fingerprint density at radius 1 is 1.31 bits per heavy atom. The largest absolute Gasteiger partial charge is 0.367 e. The van der Waals surface area contributed by atoms with E-state index in [1.54, 1.807) is 0 Å². The van der Waals surface area contributed by atoms with Crippen LogP contribution in [0.4, 0.5) is 5.69 Å². The van der Waals surface area contributed by atoms with Crippen LogP contribution < -0.4 is 5.32 Å². The number of anilines is 1. The number of sulfone groups is 1. The quantitative estimate of drug-likeness (QED) is 0.837. The number of nitrogens with zero attached hydrogens (tertiary/aromatic N) is 1. The Morgan fingerprint density at radius 2 is 2.00 bits per heavy atom. The monoisotopic (exact) mass is 236 g/mol. The van der Waals surface area contributed by atoms with Crippen molar-refractivity contribution in [3.8, 4) is 6.07 Å². The van der Waals surface area contributed by atoms with Crippen LogP contribution in [0.3, 0.4) is 0 Å². The van der Waals surface area contributed by atoms with E-state index >= 15 is 0 Å². The smallest absolute Gasteiger partial charge is 0.153 e. The summed E-state index contributed by atoms with van der Waals surface area (Å²) >= 11 is 0. The lowest BCUT2D eigenvalue weighted by molar-refractivity contribution is 0.599. The molecule has 84 valence electrons. The minimum absolute atomic E-state index is 0.0837. The molecule has 0 saturated carbocycles. The lowest BCUT2D eigenvalue weighted by Crippen LogP contribution is -2.37. The molecule has 1 fully saturated rings. The summed E-state index contributed by atoms with van der Waals surface area (Å²) in [5, 5.41) is 12.2. The molecule has 0 radical (unpaired) electrons. The van der Waals surface area contributed by atoms with E-state index in [0.29, 0.717) is 6.42 Å². The maximum atomic E-state index is 11.4. The maximum Gasteiger partial charge on any atom is 0.153 e. The van der Waals surface area contributed by atoms with Crippen LogP contribution in [-0.4, -0.2) is 25.5 Å². The lowest BCUT2D eigenvalue weighted by atomic mass is 10.0. The average molecular weight is 236 g/mol. The van der Waals surface area contributed by atoms with E-state index in [1.807, 2.05) is 30.3 Å². The van der Waals surface area contributed by atoms with Gasteiger partial charge in [-0.2, -0.15) is 5.26 Å². The molecule has 1 atom stereocenters. The minimum atomic E-state index is -3.07. The van der Waals surface area contributed by atoms with E-state index in [4.69, 9.17) is 5.26 Å². The third-order valence-electron chi connectivity index (χ3n) is 2.68. The molecular weight excluding hydrogens is 224 g/mol. The first-order valence-electron chi connectivity index (χ1n) is 5.00. The highest BCUT2D eigenvalue weighted by molar-refractivity contribution is 7.91. The molecule has 0 aliphatic carbocycles. The Morgan fingerprint density at radius 3 is 2.50 bits per heavy atom. The van der Waals surface area contributed by atoms with Gasteiger partial charge in [0.2, 0.25) is 0 Å². The van der Waals surface area contributed by atoms with E-state index in [9.17, 15) is 8.42 Å². The Balaban J connectivity index is 2.23. The molecule has 0 amide bonds. The fourth-order valence-corrected chi connectivity index (χ4v) is 3.70. The van der Waals surface area contributed by atoms with E-state index < -0.39 is 15.4 Å². The average Bonchev–Trinajstić information content (AvgIpc) is 2.57. The van der Waals surface area contributed by atoms with Crippen LogP contribution >= 0.6 is 0 Å². The molecule has 2 rings (SSSR count). The summed E-state index contributed by atoms with van der Waals surface area (Å²) in [6.45, 7) is 0. The third-order valence-corrected chi connectivity index (χ3v) is 4.44. The topological polar surface area (TPSA) is 70.0 Å². The van der Waals surface area contributed by atoms with Crippen LogP contribution in [0.15, 0.2) is 30.3 Å². The SMILES string of the molecule is N#CC1(Nc2ccccc2)CCS(=O)(=O)C1. The standard InChI is InChI=1S/C11H12N2O2S/c12-8-11(6-7-16(14,15)9-11)13-10-4-2-1-3-5-10/h1-5,13H,6-7,9H2. The second-order valence-corrected chi connectivity index (χ2v) is 6.21. The van der Waals surface area contributed by atoms with E-state index in [-0.39, 0.29) is 11.5 Å². The minimum Gasteiger partial charge on any atom is -0.367 e. The van der Waals surface area contributed by atoms with Gasteiger partial charge in [-0.15, -0.1) is 0 Å². The maximum absolute atomic E-state index is 11.4. The van der Waals surface area contributed by atoms with Crippen LogP contribution in [0, 0.1) is 11.3 Å². The normalized spacial score (nSPS) is 27.2. The van der Waals surface area contributed by atoms with E-state index in [2.05, 4.69) is 11.4 Å². The predicted molar refractivity (Wildman–Crippen MR) is 61.7 cm³/mol. The van der Waals surface area contributed by atoms with Gasteiger partial charge in [0, 0.05) is 5.69 Å². The van der Waals surface area contributed by atoms with Crippen molar-refractivity contribution in [2.45, 2.75) is 12.0 Å². The van der Waals surface area contributed by atoms with Crippen molar-refractivity contribution in [1.29, 1.82) is 5.26 Å². The number of benzene rings is 1. The molecule has 1 aromatic carbocycles. The number of para-hydroxylation sites is 1. The van der Waals surface area contributed by atoms with Crippen molar-refractivity contribution in [3.63, 3.8) is 0 Å². The summed E-state index contributed by atoms with van der Waals surface area (Å²) in [6.07, 6.45) is 0.348. The van der Waals surface area contributed by atoms with Gasteiger partial charge in [0.1, 0.15) is 5.54 Å². The summed E-state index contributed by atoms with van der Waals surface area (Å²) in [5.74, 6) is -0.0220. The summed E-state index contributed by atoms with van der Waals surface area (Å²) in [7, 11) is -3.07. The molecule has 16 heavy (non-hydrogen) atoms. The highest BCUT2D eigenvalue weighted by Gasteiger charge is 2.42. The van der Waals surface area contributed by atoms with Gasteiger partial charge in [-0.25, -0.2) is 8.42 Å². The van der Waals surface area contributed by atoms with Gasteiger partial charge in [0.15, 0.2) is 9.84 Å². The molecule has 1 heterocycles. The first-order valence-corrected chi connectivity index (χ1v) is 6.82. The molecule has 1 N–H and O–H groups in total. The molecule has 1 aromatic rings. The van der Waals surface area contributed by atoms with E-state index in [0.717, 1.165) is 5.69 Å². The van der Waals surface area contributed by atoms with Gasteiger partial charge in [-0.3, -0.25) is 0 Å². The van der Waals surface area contributed by atoms with Gasteiger partial charge >= 0.3 is 0 Å². The van der Waals surface area contributed by atoms with Gasteiger partial charge in [-0.05, 0) is 18.6 Å². The van der Waals surface area contributed by atoms with Crippen LogP contribution in [-0.2, 0) is 9.84 Å². The zero-order chi connectivity index (χ0) is 11.6. The fraction of sp³-hybridized carbons (Fsp3) is 0.364. The predicted octanol–water partition coefficient (Wildman–Crippen LogP) is 1.18. The molecule has 1 aliphatic rings. The second kappa shape index (κ2) is 3.80. The van der Waals surface area contributed by atoms with Crippen molar-refractivity contribution < 1.29 is 8.42 Å². The Kier molecular flexibility index (Phi) is 2.60. The van der Waals surface area contributed by atoms with Gasteiger partial charge in [-0.1, -0.05) is 18.2 Å². The molecule has 1 aliphatic heterocycles. The molecule has 0 aromatic heterocycles.